The van der Waals surface area contributed by atoms with E-state index >= 15 is 0 Å². The minimum Gasteiger partial charge on any atom is 0 e. The van der Waals surface area contributed by atoms with Gasteiger partial charge in [0.25, 0.3) is 0 Å². The van der Waals surface area contributed by atoms with Gasteiger partial charge >= 0.3 is 0 Å². The molecule has 0 N–H and O–H groups in total. The Hall–Kier alpha value is 52.3. The largest absolute Gasteiger partial charge is 0 e. The maximum Gasteiger partial charge on any atom is 0 e. The Morgan fingerprint density at radius 2 is 0.0263 bits per heavy atom. The van der Waals surface area contributed by atoms with Crippen molar-refractivity contribution in [2.75, 3.05) is 0 Å². The van der Waals surface area contributed by atoms with Crippen molar-refractivity contribution in [2.45, 2.75) is 0 Å². The summed E-state index contributed by atoms with van der Waals surface area (Å²) in [6, 6.07) is 0. The normalized spacial score (nSPS) is 0. The first-order chi connectivity index (χ1) is 0. The summed E-state index contributed by atoms with van der Waals surface area (Å²) in [5, 5.41) is 0. The van der Waals surface area contributed by atoms with Gasteiger partial charge in [0, 0.05) is 1590 Å². The molecule has 0 radical (unpaired) electrons. The molecule has 0 saturated heterocycles. The van der Waals surface area contributed by atoms with Crippen LogP contribution in [0.15, 0.2) is 0 Å². The molecule has 0 aromatic rings. The summed E-state index contributed by atoms with van der Waals surface area (Å²) in [6.07, 6.45) is 0. The number of rotatable bonds is 0. The van der Waals surface area contributed by atoms with E-state index in [0.29, 0.717) is 0 Å². The summed E-state index contributed by atoms with van der Waals surface area (Å²) in [7, 11) is 0. The zero-order chi connectivity index (χ0) is 0. The fourth-order valence-electron chi connectivity index (χ4n) is 0. The first-order valence-corrected chi connectivity index (χ1v) is 0. The Morgan fingerprint density at radius 3 is 0.0263 bits per heavy atom. The summed E-state index contributed by atoms with van der Waals surface area (Å²) in [6.45, 7) is 0. The number of hydrogen-bond acceptors (Lipinski definition) is 0. The van der Waals surface area contributed by atoms with Gasteiger partial charge in [-0.2, -0.15) is 0 Å². The minimum atomic E-state index is 0. The van der Waals surface area contributed by atoms with E-state index in [1.54, 1.807) is 0 Å². The maximum atomic E-state index is 0. The van der Waals surface area contributed by atoms with Crippen molar-refractivity contribution in [1.29, 1.82) is 0 Å². The van der Waals surface area contributed by atoms with Gasteiger partial charge in [-0.25, -0.2) is 0 Å². The van der Waals surface area contributed by atoms with Gasteiger partial charge in [0.15, 0.2) is 0 Å². The van der Waals surface area contributed by atoms with Crippen LogP contribution in [0.3, 0.4) is 0 Å². The molecule has 0 heterocycles. The van der Waals surface area contributed by atoms with Crippen LogP contribution in [0.25, 0.3) is 0 Å². The van der Waals surface area contributed by atoms with Crippen LogP contribution in [0.2, 0.25) is 0 Å². The molecule has 38 heavy (non-hydrogen) atoms. The van der Waals surface area contributed by atoms with Crippen LogP contribution < -0.4 is 0 Å². The van der Waals surface area contributed by atoms with Crippen molar-refractivity contribution in [3.63, 3.8) is 0 Å². The van der Waals surface area contributed by atoms with Gasteiger partial charge in [-0.15, -0.1) is 0 Å². The average molecular weight is 5320 g/mol. The molecule has 0 aromatic heterocycles. The molecule has 0 amide bonds. The van der Waals surface area contributed by atoms with E-state index in [1.165, 1.54) is 0 Å². The van der Waals surface area contributed by atoms with E-state index in [0.717, 1.165) is 0 Å². The van der Waals surface area contributed by atoms with Gasteiger partial charge in [-0.05, 0) is 0 Å². The van der Waals surface area contributed by atoms with E-state index in [-0.39, 0.29) is 1590 Å². The van der Waals surface area contributed by atoms with Gasteiger partial charge in [-0.1, -0.05) is 0 Å². The third-order valence-electron chi connectivity index (χ3n) is 0. The van der Waals surface area contributed by atoms with E-state index in [2.05, 4.69) is 0 Å². The zero-order valence-electron chi connectivity index (χ0n) is 19.0. The Morgan fingerprint density at radius 1 is 0.0263 bits per heavy atom. The molecule has 0 bridgehead atoms. The molecular weight excluding hydrogens is 5320 g/mol. The van der Waals surface area contributed by atoms with Gasteiger partial charge in [0.2, 0.25) is 0 Å². The van der Waals surface area contributed by atoms with Crippen molar-refractivity contribution >= 4 is 0 Å². The molecule has 0 aromatic carbocycles. The zero-order valence-corrected chi connectivity index (χ0v) is 138. The molecule has 0 saturated carbocycles. The van der Waals surface area contributed by atoms with Crippen LogP contribution in [0, 0.1) is 1590 Å². The predicted octanol–water partition coefficient (Wildman–Crippen LogP) is 0. The van der Waals surface area contributed by atoms with Gasteiger partial charge in [0.1, 0.15) is 0 Å². The third-order valence-corrected chi connectivity index (χ3v) is 0. The fraction of sp³-hybridized carbons (Fsp3) is 0. The van der Waals surface area contributed by atoms with Crippen molar-refractivity contribution in [2.24, 2.45) is 0 Å². The molecule has 0 atom stereocenters. The number of hydrogen-bond donors (Lipinski definition) is 0. The smallest absolute Gasteiger partial charge is 0 e. The molecular formula is Ce38. The van der Waals surface area contributed by atoms with Crippen molar-refractivity contribution in [1.82, 2.24) is 0 Å². The van der Waals surface area contributed by atoms with Crippen LogP contribution >= 0.6 is 0 Å². The first-order valence-electron chi connectivity index (χ1n) is 0. The topological polar surface area (TPSA) is 0 Å². The molecule has 152 valence electrons. The predicted molar refractivity (Wildman–Crippen MR) is 0 cm³/mol. The summed E-state index contributed by atoms with van der Waals surface area (Å²) < 4.78 is 0. The molecule has 0 unspecified atom stereocenters. The molecule has 0 spiro atoms. The van der Waals surface area contributed by atoms with Crippen LogP contribution in [0.4, 0.5) is 0 Å². The van der Waals surface area contributed by atoms with Crippen molar-refractivity contribution < 1.29 is 1590 Å². The third kappa shape index (κ3) is 246. The second kappa shape index (κ2) is 255. The quantitative estimate of drug-likeness (QED) is 0.321. The SMILES string of the molecule is [Ce].[Ce].[Ce].[Ce].[Ce].[Ce].[Ce].[Ce].[Ce].[Ce].[Ce].[Ce].[Ce].[Ce].[Ce].[Ce].[Ce].[Ce].[Ce].[Ce].[Ce].[Ce].[Ce].[Ce].[Ce].[Ce].[Ce].[Ce].[Ce].[Ce].[Ce].[Ce].[Ce].[Ce].[Ce].[Ce].[Ce].[Ce]. The maximum absolute atomic E-state index is 0. The molecule has 38 heteroatoms. The molecule has 0 aliphatic carbocycles. The van der Waals surface area contributed by atoms with E-state index in [4.69, 9.17) is 0 Å². The van der Waals surface area contributed by atoms with Gasteiger partial charge < -0.3 is 0 Å². The fourth-order valence-corrected chi connectivity index (χ4v) is 0. The van der Waals surface area contributed by atoms with Gasteiger partial charge in [-0.3, -0.25) is 0 Å². The Kier molecular flexibility index (Phi) is 1760. The molecule has 0 nitrogen and oxygen atoms in total. The standard InChI is InChI=1S/38Ce. The van der Waals surface area contributed by atoms with Crippen LogP contribution in [0.1, 0.15) is 0 Å². The summed E-state index contributed by atoms with van der Waals surface area (Å²) >= 11 is 0. The van der Waals surface area contributed by atoms with Crippen LogP contribution in [-0.4, -0.2) is 0 Å². The van der Waals surface area contributed by atoms with Crippen molar-refractivity contribution in [3.8, 4) is 0 Å². The first kappa shape index (κ1) is 263. The minimum absolute atomic E-state index is 0. The molecule has 0 aliphatic rings. The summed E-state index contributed by atoms with van der Waals surface area (Å²) in [5.41, 5.74) is 0. The van der Waals surface area contributed by atoms with E-state index in [1.807, 2.05) is 0 Å². The second-order valence-corrected chi connectivity index (χ2v) is 0. The monoisotopic (exact) mass is 5320 g/mol. The van der Waals surface area contributed by atoms with E-state index in [9.17, 15) is 0 Å². The second-order valence-electron chi connectivity index (χ2n) is 0. The van der Waals surface area contributed by atoms with Crippen LogP contribution in [0.5, 0.6) is 0 Å². The molecule has 0 aliphatic heterocycles. The summed E-state index contributed by atoms with van der Waals surface area (Å²) in [5.74, 6) is 0. The van der Waals surface area contributed by atoms with Crippen molar-refractivity contribution in [3.05, 3.63) is 0 Å². The Balaban J connectivity index is 0. The molecule has 0 rings (SSSR count). The van der Waals surface area contributed by atoms with E-state index < -0.39 is 0 Å². The Labute approximate surface area is 1520 Å². The van der Waals surface area contributed by atoms with Gasteiger partial charge in [0.05, 0.1) is 0 Å². The summed E-state index contributed by atoms with van der Waals surface area (Å²) in [4.78, 5) is 0. The molecule has 0 fully saturated rings. The Bertz CT molecular complexity index is 0. The average Bonchev–Trinajstić information content (AvgIpc) is 0. The van der Waals surface area contributed by atoms with Crippen LogP contribution in [-0.2, 0) is 0 Å².